The predicted molar refractivity (Wildman–Crippen MR) is 78.2 cm³/mol. The van der Waals surface area contributed by atoms with E-state index in [1.807, 2.05) is 23.5 Å². The van der Waals surface area contributed by atoms with E-state index >= 15 is 0 Å². The third-order valence-electron chi connectivity index (χ3n) is 2.80. The maximum Gasteiger partial charge on any atom is 0.165 e. The average molecular weight is 287 g/mol. The number of hydrogen-bond donors (Lipinski definition) is 1. The van der Waals surface area contributed by atoms with Crippen molar-refractivity contribution in [3.63, 3.8) is 0 Å². The number of ether oxygens (including phenoxy) is 1. The maximum atomic E-state index is 13.2. The van der Waals surface area contributed by atoms with Crippen LogP contribution in [0.5, 0.6) is 5.75 Å². The second-order valence-corrected chi connectivity index (χ2v) is 6.73. The van der Waals surface area contributed by atoms with Gasteiger partial charge in [0.1, 0.15) is 0 Å². The molecule has 1 atom stereocenters. The van der Waals surface area contributed by atoms with Gasteiger partial charge in [-0.25, -0.2) is 4.39 Å². The molecule has 1 aliphatic rings. The molecule has 18 heavy (non-hydrogen) atoms. The molecule has 1 heterocycles. The Hall–Kier alpha value is -0.390. The molecule has 100 valence electrons. The third kappa shape index (κ3) is 4.07. The third-order valence-corrected chi connectivity index (χ3v) is 5.65. The Morgan fingerprint density at radius 1 is 1.44 bits per heavy atom. The molecule has 1 fully saturated rings. The lowest BCUT2D eigenvalue weighted by atomic mass is 10.2. The molecule has 1 aromatic carbocycles. The zero-order chi connectivity index (χ0) is 12.8. The van der Waals surface area contributed by atoms with Gasteiger partial charge in [-0.05, 0) is 17.7 Å². The summed E-state index contributed by atoms with van der Waals surface area (Å²) in [7, 11) is 1.49. The van der Waals surface area contributed by atoms with Gasteiger partial charge in [0, 0.05) is 35.6 Å². The molecule has 0 unspecified atom stereocenters. The second kappa shape index (κ2) is 7.26. The summed E-state index contributed by atoms with van der Waals surface area (Å²) in [6.07, 6.45) is 0. The quantitative estimate of drug-likeness (QED) is 0.898. The average Bonchev–Trinajstić information content (AvgIpc) is 2.42. The Labute approximate surface area is 116 Å². The lowest BCUT2D eigenvalue weighted by molar-refractivity contribution is 0.385. The van der Waals surface area contributed by atoms with Crippen LogP contribution in [0.25, 0.3) is 0 Å². The van der Waals surface area contributed by atoms with Crippen molar-refractivity contribution >= 4 is 23.5 Å². The molecule has 2 rings (SSSR count). The lowest BCUT2D eigenvalue weighted by Crippen LogP contribution is -2.28. The summed E-state index contributed by atoms with van der Waals surface area (Å²) in [5.74, 6) is 3.76. The van der Waals surface area contributed by atoms with Gasteiger partial charge in [-0.1, -0.05) is 6.07 Å². The highest BCUT2D eigenvalue weighted by molar-refractivity contribution is 8.06. The molecule has 5 heteroatoms. The van der Waals surface area contributed by atoms with Gasteiger partial charge in [-0.2, -0.15) is 23.5 Å². The molecule has 2 nitrogen and oxygen atoms in total. The fraction of sp³-hybridized carbons (Fsp3) is 0.538. The summed E-state index contributed by atoms with van der Waals surface area (Å²) in [5, 5.41) is 4.13. The van der Waals surface area contributed by atoms with Gasteiger partial charge in [-0.15, -0.1) is 0 Å². The molecular formula is C13H18FNOS2. The molecule has 0 radical (unpaired) electrons. The number of rotatable bonds is 5. The summed E-state index contributed by atoms with van der Waals surface area (Å²) in [6, 6.07) is 5.01. The Balaban J connectivity index is 1.79. The zero-order valence-electron chi connectivity index (χ0n) is 10.4. The van der Waals surface area contributed by atoms with Gasteiger partial charge < -0.3 is 10.1 Å². The van der Waals surface area contributed by atoms with Crippen LogP contribution >= 0.6 is 23.5 Å². The van der Waals surface area contributed by atoms with Crippen LogP contribution in [0, 0.1) is 5.82 Å². The van der Waals surface area contributed by atoms with Crippen molar-refractivity contribution in [3.8, 4) is 5.75 Å². The molecule has 0 bridgehead atoms. The van der Waals surface area contributed by atoms with Crippen LogP contribution in [0.15, 0.2) is 18.2 Å². The highest BCUT2D eigenvalue weighted by Gasteiger charge is 2.13. The lowest BCUT2D eigenvalue weighted by Gasteiger charge is -2.21. The number of methoxy groups -OCH3 is 1. The molecular weight excluding hydrogens is 269 g/mol. The standard InChI is InChI=1S/C13H18FNOS2/c1-16-13-6-10(2-3-12(13)14)7-15-8-11-9-17-4-5-18-11/h2-3,6,11,15H,4-5,7-9H2,1H3/t11-/m1/s1. The van der Waals surface area contributed by atoms with Crippen molar-refractivity contribution < 1.29 is 9.13 Å². The summed E-state index contributed by atoms with van der Waals surface area (Å²) >= 11 is 4.07. The van der Waals surface area contributed by atoms with E-state index in [4.69, 9.17) is 4.74 Å². The van der Waals surface area contributed by atoms with Crippen LogP contribution in [-0.2, 0) is 6.54 Å². The molecule has 0 saturated carbocycles. The maximum absolute atomic E-state index is 13.2. The van der Waals surface area contributed by atoms with E-state index in [-0.39, 0.29) is 5.82 Å². The van der Waals surface area contributed by atoms with E-state index in [0.29, 0.717) is 11.0 Å². The largest absolute Gasteiger partial charge is 0.494 e. The summed E-state index contributed by atoms with van der Waals surface area (Å²) in [5.41, 5.74) is 1.06. The molecule has 0 aliphatic carbocycles. The van der Waals surface area contributed by atoms with E-state index in [1.165, 1.54) is 30.4 Å². The van der Waals surface area contributed by atoms with Crippen molar-refractivity contribution in [3.05, 3.63) is 29.6 Å². The van der Waals surface area contributed by atoms with E-state index in [9.17, 15) is 4.39 Å². The molecule has 1 N–H and O–H groups in total. The van der Waals surface area contributed by atoms with E-state index < -0.39 is 0 Å². The second-order valence-electron chi connectivity index (χ2n) is 4.17. The minimum Gasteiger partial charge on any atom is -0.494 e. The molecule has 1 aromatic rings. The predicted octanol–water partition coefficient (Wildman–Crippen LogP) is 2.77. The normalized spacial score (nSPS) is 19.8. The van der Waals surface area contributed by atoms with Crippen LogP contribution in [0.4, 0.5) is 4.39 Å². The van der Waals surface area contributed by atoms with E-state index in [0.717, 1.165) is 18.7 Å². The SMILES string of the molecule is COc1cc(CNC[C@@H]2CSCCS2)ccc1F. The molecule has 0 spiro atoms. The van der Waals surface area contributed by atoms with Crippen molar-refractivity contribution in [2.45, 2.75) is 11.8 Å². The smallest absolute Gasteiger partial charge is 0.165 e. The van der Waals surface area contributed by atoms with Gasteiger partial charge in [0.15, 0.2) is 11.6 Å². The first-order valence-corrected chi connectivity index (χ1v) is 8.22. The zero-order valence-corrected chi connectivity index (χ0v) is 12.1. The Morgan fingerprint density at radius 2 is 2.33 bits per heavy atom. The number of benzene rings is 1. The van der Waals surface area contributed by atoms with Crippen molar-refractivity contribution in [2.75, 3.05) is 30.9 Å². The monoisotopic (exact) mass is 287 g/mol. The molecule has 1 aliphatic heterocycles. The number of thioether (sulfide) groups is 2. The Kier molecular flexibility index (Phi) is 5.66. The van der Waals surface area contributed by atoms with Gasteiger partial charge in [0.2, 0.25) is 0 Å². The Bertz CT molecular complexity index is 383. The molecule has 0 aromatic heterocycles. The number of hydrogen-bond acceptors (Lipinski definition) is 4. The fourth-order valence-electron chi connectivity index (χ4n) is 1.85. The summed E-state index contributed by atoms with van der Waals surface area (Å²) in [6.45, 7) is 1.77. The fourth-order valence-corrected chi connectivity index (χ4v) is 4.49. The first-order chi connectivity index (χ1) is 8.79. The Morgan fingerprint density at radius 3 is 3.06 bits per heavy atom. The van der Waals surface area contributed by atoms with Crippen LogP contribution in [0.3, 0.4) is 0 Å². The van der Waals surface area contributed by atoms with Gasteiger partial charge in [0.25, 0.3) is 0 Å². The van der Waals surface area contributed by atoms with Gasteiger partial charge >= 0.3 is 0 Å². The number of nitrogens with one attached hydrogen (secondary N) is 1. The van der Waals surface area contributed by atoms with Gasteiger partial charge in [0.05, 0.1) is 7.11 Å². The molecule has 0 amide bonds. The highest BCUT2D eigenvalue weighted by atomic mass is 32.2. The minimum atomic E-state index is -0.305. The molecule has 1 saturated heterocycles. The van der Waals surface area contributed by atoms with E-state index in [2.05, 4.69) is 5.32 Å². The van der Waals surface area contributed by atoms with Crippen LogP contribution < -0.4 is 10.1 Å². The van der Waals surface area contributed by atoms with Crippen LogP contribution in [0.2, 0.25) is 0 Å². The van der Waals surface area contributed by atoms with Gasteiger partial charge in [-0.3, -0.25) is 0 Å². The van der Waals surface area contributed by atoms with E-state index in [1.54, 1.807) is 12.1 Å². The first-order valence-electron chi connectivity index (χ1n) is 6.02. The van der Waals surface area contributed by atoms with Crippen molar-refractivity contribution in [2.24, 2.45) is 0 Å². The van der Waals surface area contributed by atoms with Crippen molar-refractivity contribution in [1.29, 1.82) is 0 Å². The van der Waals surface area contributed by atoms with Crippen molar-refractivity contribution in [1.82, 2.24) is 5.32 Å². The topological polar surface area (TPSA) is 21.3 Å². The van der Waals surface area contributed by atoms with Crippen LogP contribution in [-0.4, -0.2) is 36.2 Å². The number of halogens is 1. The summed E-state index contributed by atoms with van der Waals surface area (Å²) in [4.78, 5) is 0. The highest BCUT2D eigenvalue weighted by Crippen LogP contribution is 2.23. The van der Waals surface area contributed by atoms with Crippen LogP contribution in [0.1, 0.15) is 5.56 Å². The summed E-state index contributed by atoms with van der Waals surface area (Å²) < 4.78 is 18.2. The minimum absolute atomic E-state index is 0.305. The first kappa shape index (κ1) is 14.0.